The van der Waals surface area contributed by atoms with Gasteiger partial charge in [-0.15, -0.1) is 0 Å². The predicted molar refractivity (Wildman–Crippen MR) is 63.3 cm³/mol. The molecular formula is C11H16N4O. The van der Waals surface area contributed by atoms with E-state index in [1.165, 1.54) is 0 Å². The van der Waals surface area contributed by atoms with Crippen molar-refractivity contribution in [3.63, 3.8) is 0 Å². The van der Waals surface area contributed by atoms with Gasteiger partial charge >= 0.3 is 0 Å². The molecule has 0 aromatic carbocycles. The molecule has 16 heavy (non-hydrogen) atoms. The van der Waals surface area contributed by atoms with Crippen LogP contribution < -0.4 is 16.0 Å². The zero-order valence-electron chi connectivity index (χ0n) is 9.53. The third-order valence-electron chi connectivity index (χ3n) is 2.85. The van der Waals surface area contributed by atoms with E-state index in [4.69, 9.17) is 5.73 Å². The maximum absolute atomic E-state index is 11.6. The number of fused-ring (bicyclic) bond motifs is 1. The number of carbonyl (C=O) groups is 1. The highest BCUT2D eigenvalue weighted by Gasteiger charge is 2.33. The molecule has 0 saturated carbocycles. The number of hydrogen-bond acceptors (Lipinski definition) is 4. The second kappa shape index (κ2) is 3.75. The quantitative estimate of drug-likeness (QED) is 0.764. The van der Waals surface area contributed by atoms with E-state index in [0.717, 1.165) is 11.5 Å². The number of hydrogen-bond donors (Lipinski definition) is 2. The van der Waals surface area contributed by atoms with Crippen molar-refractivity contribution in [3.8, 4) is 0 Å². The van der Waals surface area contributed by atoms with E-state index in [1.54, 1.807) is 12.3 Å². The fourth-order valence-corrected chi connectivity index (χ4v) is 1.73. The van der Waals surface area contributed by atoms with Gasteiger partial charge in [0.05, 0.1) is 12.2 Å². The number of nitrogens with one attached hydrogen (secondary N) is 1. The number of nitrogens with zero attached hydrogens (tertiary/aromatic N) is 2. The Bertz CT molecular complexity index is 416. The number of aromatic nitrogens is 1. The first kappa shape index (κ1) is 10.9. The van der Waals surface area contributed by atoms with E-state index in [9.17, 15) is 4.79 Å². The van der Waals surface area contributed by atoms with E-state index in [-0.39, 0.29) is 11.4 Å². The number of anilines is 2. The highest BCUT2D eigenvalue weighted by atomic mass is 16.2. The van der Waals surface area contributed by atoms with Crippen molar-refractivity contribution < 1.29 is 4.79 Å². The number of carbonyl (C=O) groups excluding carboxylic acids is 1. The molecule has 1 aliphatic heterocycles. The fourth-order valence-electron chi connectivity index (χ4n) is 1.73. The second-order valence-corrected chi connectivity index (χ2v) is 4.53. The Hall–Kier alpha value is -1.62. The largest absolute Gasteiger partial charge is 0.339 e. The van der Waals surface area contributed by atoms with Gasteiger partial charge in [-0.25, -0.2) is 4.98 Å². The predicted octanol–water partition coefficient (Wildman–Crippen LogP) is 0.577. The van der Waals surface area contributed by atoms with Gasteiger partial charge in [0.2, 0.25) is 5.91 Å². The third-order valence-corrected chi connectivity index (χ3v) is 2.85. The summed E-state index contributed by atoms with van der Waals surface area (Å²) in [5.74, 6) is 0.763. The normalized spacial score (nSPS) is 15.7. The summed E-state index contributed by atoms with van der Waals surface area (Å²) >= 11 is 0. The number of pyridine rings is 1. The van der Waals surface area contributed by atoms with Gasteiger partial charge in [0.25, 0.3) is 0 Å². The molecule has 0 saturated heterocycles. The van der Waals surface area contributed by atoms with Crippen LogP contribution in [0.1, 0.15) is 13.8 Å². The van der Waals surface area contributed by atoms with Crippen LogP contribution in [0.2, 0.25) is 0 Å². The van der Waals surface area contributed by atoms with Crippen LogP contribution in [0.5, 0.6) is 0 Å². The molecule has 0 bridgehead atoms. The zero-order chi connectivity index (χ0) is 11.8. The average Bonchev–Trinajstić information content (AvgIpc) is 2.28. The lowest BCUT2D eigenvalue weighted by Crippen LogP contribution is -2.54. The first-order valence-corrected chi connectivity index (χ1v) is 5.27. The molecular weight excluding hydrogens is 204 g/mol. The van der Waals surface area contributed by atoms with Crippen molar-refractivity contribution in [3.05, 3.63) is 18.3 Å². The van der Waals surface area contributed by atoms with Gasteiger partial charge in [-0.1, -0.05) is 0 Å². The van der Waals surface area contributed by atoms with Crippen molar-refractivity contribution in [2.24, 2.45) is 5.73 Å². The summed E-state index contributed by atoms with van der Waals surface area (Å²) in [6.07, 6.45) is 1.72. The summed E-state index contributed by atoms with van der Waals surface area (Å²) < 4.78 is 0. The lowest BCUT2D eigenvalue weighted by molar-refractivity contribution is -0.115. The average molecular weight is 220 g/mol. The molecule has 5 heteroatoms. The Morgan fingerprint density at radius 2 is 2.38 bits per heavy atom. The molecule has 0 radical (unpaired) electrons. The summed E-state index contributed by atoms with van der Waals surface area (Å²) in [5, 5.41) is 2.80. The van der Waals surface area contributed by atoms with Gasteiger partial charge in [0.1, 0.15) is 0 Å². The van der Waals surface area contributed by atoms with E-state index >= 15 is 0 Å². The minimum absolute atomic E-state index is 0.0259. The Morgan fingerprint density at radius 1 is 1.62 bits per heavy atom. The zero-order valence-corrected chi connectivity index (χ0v) is 9.53. The van der Waals surface area contributed by atoms with Gasteiger partial charge < -0.3 is 16.0 Å². The minimum atomic E-state index is -0.277. The first-order valence-electron chi connectivity index (χ1n) is 5.27. The molecule has 0 aliphatic carbocycles. The van der Waals surface area contributed by atoms with Crippen LogP contribution in [0.25, 0.3) is 0 Å². The number of amides is 1. The smallest absolute Gasteiger partial charge is 0.244 e. The lowest BCUT2D eigenvalue weighted by Gasteiger charge is -2.41. The van der Waals surface area contributed by atoms with Crippen LogP contribution in [-0.4, -0.2) is 29.5 Å². The van der Waals surface area contributed by atoms with Gasteiger partial charge in [0.15, 0.2) is 5.82 Å². The van der Waals surface area contributed by atoms with E-state index in [2.05, 4.69) is 10.3 Å². The molecule has 1 aromatic rings. The molecule has 1 amide bonds. The first-order chi connectivity index (χ1) is 7.54. The van der Waals surface area contributed by atoms with Crippen molar-refractivity contribution in [1.82, 2.24) is 4.98 Å². The van der Waals surface area contributed by atoms with Crippen LogP contribution >= 0.6 is 0 Å². The van der Waals surface area contributed by atoms with Crippen molar-refractivity contribution in [2.75, 3.05) is 23.3 Å². The van der Waals surface area contributed by atoms with E-state index in [1.807, 2.05) is 24.8 Å². The molecule has 86 valence electrons. The van der Waals surface area contributed by atoms with Crippen molar-refractivity contribution >= 4 is 17.4 Å². The van der Waals surface area contributed by atoms with E-state index < -0.39 is 0 Å². The molecule has 3 N–H and O–H groups in total. The molecule has 2 heterocycles. The monoisotopic (exact) mass is 220 g/mol. The standard InChI is InChI=1S/C11H16N4O/c1-11(2,7-12)15-6-9(16)14-8-4-3-5-13-10(8)15/h3-5H,6-7,12H2,1-2H3,(H,14,16). The molecule has 2 rings (SSSR count). The van der Waals surface area contributed by atoms with Crippen LogP contribution in [0, 0.1) is 0 Å². The summed E-state index contributed by atoms with van der Waals surface area (Å²) in [6, 6.07) is 3.65. The number of rotatable bonds is 2. The summed E-state index contributed by atoms with van der Waals surface area (Å²) in [4.78, 5) is 17.8. The number of nitrogens with two attached hydrogens (primary N) is 1. The molecule has 1 aliphatic rings. The van der Waals surface area contributed by atoms with Crippen LogP contribution in [0.3, 0.4) is 0 Å². The molecule has 1 aromatic heterocycles. The van der Waals surface area contributed by atoms with Crippen molar-refractivity contribution in [2.45, 2.75) is 19.4 Å². The van der Waals surface area contributed by atoms with Crippen LogP contribution in [0.4, 0.5) is 11.5 Å². The Kier molecular flexibility index (Phi) is 2.55. The van der Waals surface area contributed by atoms with Crippen LogP contribution in [-0.2, 0) is 4.79 Å². The van der Waals surface area contributed by atoms with Gasteiger partial charge in [-0.3, -0.25) is 4.79 Å². The minimum Gasteiger partial charge on any atom is -0.339 e. The lowest BCUT2D eigenvalue weighted by atomic mass is 10.0. The van der Waals surface area contributed by atoms with Crippen molar-refractivity contribution in [1.29, 1.82) is 0 Å². The SMILES string of the molecule is CC(C)(CN)N1CC(=O)Nc2cccnc21. The maximum atomic E-state index is 11.6. The third kappa shape index (κ3) is 1.74. The second-order valence-electron chi connectivity index (χ2n) is 4.53. The van der Waals surface area contributed by atoms with Gasteiger partial charge in [0, 0.05) is 18.3 Å². The topological polar surface area (TPSA) is 71.2 Å². The maximum Gasteiger partial charge on any atom is 0.244 e. The molecule has 0 fully saturated rings. The molecule has 0 spiro atoms. The van der Waals surface area contributed by atoms with Crippen LogP contribution in [0.15, 0.2) is 18.3 Å². The Balaban J connectivity index is 2.45. The highest BCUT2D eigenvalue weighted by molar-refractivity contribution is 6.00. The highest BCUT2D eigenvalue weighted by Crippen LogP contribution is 2.31. The molecule has 0 unspecified atom stereocenters. The van der Waals surface area contributed by atoms with Gasteiger partial charge in [-0.05, 0) is 26.0 Å². The van der Waals surface area contributed by atoms with Gasteiger partial charge in [-0.2, -0.15) is 0 Å². The summed E-state index contributed by atoms with van der Waals surface area (Å²) in [5.41, 5.74) is 6.21. The Labute approximate surface area is 94.6 Å². The van der Waals surface area contributed by atoms with E-state index in [0.29, 0.717) is 13.1 Å². The molecule has 0 atom stereocenters. The molecule has 5 nitrogen and oxygen atoms in total. The fraction of sp³-hybridized carbons (Fsp3) is 0.455. The Morgan fingerprint density at radius 3 is 3.06 bits per heavy atom. The summed E-state index contributed by atoms with van der Waals surface area (Å²) in [7, 11) is 0. The summed E-state index contributed by atoms with van der Waals surface area (Å²) in [6.45, 7) is 4.78.